The van der Waals surface area contributed by atoms with Crippen LogP contribution in [0.3, 0.4) is 0 Å². The Morgan fingerprint density at radius 2 is 0.968 bits per heavy atom. The number of aryl methyl sites for hydroxylation is 2. The van der Waals surface area contributed by atoms with Gasteiger partial charge in [0.1, 0.15) is 26.4 Å². The number of anilines is 6. The minimum atomic E-state index is -0.0185. The van der Waals surface area contributed by atoms with Gasteiger partial charge >= 0.3 is 0 Å². The molecular weight excluding hydrogens is 804 g/mol. The number of hydrogen-bond acceptors (Lipinski definition) is 8. The fraction of sp³-hybridized carbons (Fsp3) is 0.358. The van der Waals surface area contributed by atoms with Gasteiger partial charge in [0, 0.05) is 52.2 Å². The SMILES string of the molecule is Cc1cc2c(c(C)c1N1c3cc(C(C)C)cc4c3B(c3sc5ccc(C(C)(C)C)cc5c31)c1sc3ccc(C(C)(C)C)cc3c1N4c1c(C)cc3c(c1C)OCCO3)OCCO2. The largest absolute Gasteiger partial charge is 0.486 e. The molecule has 2 aromatic heterocycles. The topological polar surface area (TPSA) is 43.4 Å². The lowest BCUT2D eigenvalue weighted by molar-refractivity contribution is 0.170. The van der Waals surface area contributed by atoms with E-state index in [1.54, 1.807) is 0 Å². The van der Waals surface area contributed by atoms with Gasteiger partial charge in [0.15, 0.2) is 23.0 Å². The molecule has 0 atom stereocenters. The predicted octanol–water partition coefficient (Wildman–Crippen LogP) is 12.7. The van der Waals surface area contributed by atoms with Gasteiger partial charge in [0.2, 0.25) is 0 Å². The molecule has 6 nitrogen and oxygen atoms in total. The van der Waals surface area contributed by atoms with Gasteiger partial charge in [-0.15, -0.1) is 22.7 Å². The van der Waals surface area contributed by atoms with Crippen molar-refractivity contribution in [3.63, 3.8) is 0 Å². The zero-order chi connectivity index (χ0) is 43.3. The van der Waals surface area contributed by atoms with Gasteiger partial charge in [-0.05, 0) is 126 Å². The first kappa shape index (κ1) is 39.7. The quantitative estimate of drug-likeness (QED) is 0.165. The summed E-state index contributed by atoms with van der Waals surface area (Å²) in [5.74, 6) is 3.61. The normalized spacial score (nSPS) is 15.4. The van der Waals surface area contributed by atoms with E-state index in [0.717, 1.165) is 56.6 Å². The van der Waals surface area contributed by atoms with Crippen LogP contribution < -0.4 is 43.8 Å². The molecule has 0 radical (unpaired) electrons. The Bertz CT molecular complexity index is 2860. The number of fused-ring (bicyclic) bond motifs is 10. The third-order valence-electron chi connectivity index (χ3n) is 13.6. The van der Waals surface area contributed by atoms with Crippen molar-refractivity contribution in [3.8, 4) is 23.0 Å². The molecule has 6 heterocycles. The minimum Gasteiger partial charge on any atom is -0.486 e. The summed E-state index contributed by atoms with van der Waals surface area (Å²) in [5, 5.41) is 2.60. The number of ether oxygens (including phenoxy) is 4. The zero-order valence-electron chi connectivity index (χ0n) is 38.1. The van der Waals surface area contributed by atoms with Crippen molar-refractivity contribution in [2.24, 2.45) is 0 Å². The van der Waals surface area contributed by atoms with E-state index in [9.17, 15) is 0 Å². The van der Waals surface area contributed by atoms with E-state index in [2.05, 4.69) is 154 Å². The maximum absolute atomic E-state index is 6.47. The molecular formula is C53H55BN2O4S2. The highest BCUT2D eigenvalue weighted by Crippen LogP contribution is 2.56. The van der Waals surface area contributed by atoms with Crippen LogP contribution in [0.25, 0.3) is 20.2 Å². The molecule has 0 spiro atoms. The summed E-state index contributed by atoms with van der Waals surface area (Å²) in [7, 11) is 0. The summed E-state index contributed by atoms with van der Waals surface area (Å²) in [6.45, 7) is 29.7. The van der Waals surface area contributed by atoms with E-state index in [1.807, 2.05) is 22.7 Å². The van der Waals surface area contributed by atoms with Gasteiger partial charge in [0.05, 0.1) is 22.7 Å². The van der Waals surface area contributed by atoms with E-state index in [1.165, 1.54) is 74.6 Å². The molecule has 11 rings (SSSR count). The van der Waals surface area contributed by atoms with Crippen molar-refractivity contribution >= 4 is 98.7 Å². The molecule has 0 aliphatic carbocycles. The highest BCUT2D eigenvalue weighted by atomic mass is 32.1. The van der Waals surface area contributed by atoms with Gasteiger partial charge in [-0.1, -0.05) is 67.5 Å². The van der Waals surface area contributed by atoms with Crippen LogP contribution >= 0.6 is 22.7 Å². The molecule has 4 aliphatic rings. The molecule has 0 bridgehead atoms. The van der Waals surface area contributed by atoms with Crippen LogP contribution in [0.4, 0.5) is 34.1 Å². The first-order chi connectivity index (χ1) is 29.5. The Hall–Kier alpha value is -5.12. The lowest BCUT2D eigenvalue weighted by atomic mass is 9.39. The van der Waals surface area contributed by atoms with Gasteiger partial charge < -0.3 is 28.7 Å². The first-order valence-corrected chi connectivity index (χ1v) is 23.9. The maximum Gasteiger partial charge on any atom is 0.277 e. The monoisotopic (exact) mass is 858 g/mol. The fourth-order valence-corrected chi connectivity index (χ4v) is 13.1. The Kier molecular flexibility index (Phi) is 8.77. The Labute approximate surface area is 374 Å². The first-order valence-electron chi connectivity index (χ1n) is 22.2. The second-order valence-electron chi connectivity index (χ2n) is 20.2. The molecule has 0 unspecified atom stereocenters. The average Bonchev–Trinajstić information content (AvgIpc) is 3.80. The fourth-order valence-electron chi connectivity index (χ4n) is 10.4. The minimum absolute atomic E-state index is 0.0142. The maximum atomic E-state index is 6.47. The molecule has 4 aliphatic heterocycles. The highest BCUT2D eigenvalue weighted by molar-refractivity contribution is 7.40. The van der Waals surface area contributed by atoms with Crippen molar-refractivity contribution < 1.29 is 18.9 Å². The van der Waals surface area contributed by atoms with Gasteiger partial charge in [0.25, 0.3) is 6.71 Å². The number of rotatable bonds is 3. The van der Waals surface area contributed by atoms with E-state index < -0.39 is 0 Å². The van der Waals surface area contributed by atoms with E-state index in [4.69, 9.17) is 18.9 Å². The summed E-state index contributed by atoms with van der Waals surface area (Å²) in [6, 6.07) is 23.8. The lowest BCUT2D eigenvalue weighted by Crippen LogP contribution is -2.59. The average molecular weight is 859 g/mol. The number of thiophene rings is 2. The molecule has 7 aromatic rings. The van der Waals surface area contributed by atoms with Crippen LogP contribution in [0.5, 0.6) is 23.0 Å². The molecule has 0 fully saturated rings. The third kappa shape index (κ3) is 5.72. The van der Waals surface area contributed by atoms with E-state index >= 15 is 0 Å². The van der Waals surface area contributed by atoms with Crippen LogP contribution in [0.2, 0.25) is 0 Å². The Morgan fingerprint density at radius 1 is 0.548 bits per heavy atom. The molecule has 5 aromatic carbocycles. The van der Waals surface area contributed by atoms with E-state index in [0.29, 0.717) is 26.4 Å². The van der Waals surface area contributed by atoms with Crippen LogP contribution in [0.15, 0.2) is 60.7 Å². The summed E-state index contributed by atoms with van der Waals surface area (Å²) in [6.07, 6.45) is 0. The Morgan fingerprint density at radius 3 is 1.37 bits per heavy atom. The molecule has 0 N–H and O–H groups in total. The smallest absolute Gasteiger partial charge is 0.277 e. The molecule has 0 saturated heterocycles. The molecule has 9 heteroatoms. The molecule has 0 amide bonds. The van der Waals surface area contributed by atoms with Crippen LogP contribution in [-0.4, -0.2) is 33.1 Å². The predicted molar refractivity (Wildman–Crippen MR) is 264 cm³/mol. The van der Waals surface area contributed by atoms with Crippen molar-refractivity contribution in [1.82, 2.24) is 0 Å². The number of hydrogen-bond donors (Lipinski definition) is 0. The molecule has 0 saturated carbocycles. The van der Waals surface area contributed by atoms with Crippen LogP contribution in [0.1, 0.15) is 100 Å². The van der Waals surface area contributed by atoms with Crippen molar-refractivity contribution in [2.75, 3.05) is 36.2 Å². The van der Waals surface area contributed by atoms with Crippen molar-refractivity contribution in [1.29, 1.82) is 0 Å². The number of benzene rings is 5. The van der Waals surface area contributed by atoms with Crippen molar-refractivity contribution in [3.05, 3.63) is 99.6 Å². The number of nitrogens with zero attached hydrogens (tertiary/aromatic N) is 2. The lowest BCUT2D eigenvalue weighted by Gasteiger charge is -2.44. The Balaban J connectivity index is 1.32. The van der Waals surface area contributed by atoms with Gasteiger partial charge in [-0.3, -0.25) is 0 Å². The summed E-state index contributed by atoms with van der Waals surface area (Å²) < 4.78 is 30.8. The summed E-state index contributed by atoms with van der Waals surface area (Å²) >= 11 is 3.93. The van der Waals surface area contributed by atoms with Gasteiger partial charge in [-0.2, -0.15) is 0 Å². The van der Waals surface area contributed by atoms with Gasteiger partial charge in [-0.25, -0.2) is 0 Å². The second kappa shape index (κ2) is 13.7. The van der Waals surface area contributed by atoms with Crippen molar-refractivity contribution in [2.45, 2.75) is 99.8 Å². The molecule has 316 valence electrons. The standard InChI is InChI=1S/C53H55BN2O4S2/c1-27(2)32-23-37-43-38(24-32)56(45-29(4)22-40-49(31(45)6)60-20-18-58-40)47-36-26-34(53(10,11)12)14-16-42(36)62-51(47)54(43)50-46(35-25-33(52(7,8)9)13-15-41(35)61-50)55(37)44-28(3)21-39-48(30(44)5)59-19-17-57-39/h13-16,21-27H,17-20H2,1-12H3. The van der Waals surface area contributed by atoms with E-state index in [-0.39, 0.29) is 23.5 Å². The highest BCUT2D eigenvalue weighted by Gasteiger charge is 2.48. The summed E-state index contributed by atoms with van der Waals surface area (Å²) in [4.78, 5) is 5.25. The zero-order valence-corrected chi connectivity index (χ0v) is 39.7. The molecule has 62 heavy (non-hydrogen) atoms. The summed E-state index contributed by atoms with van der Waals surface area (Å²) in [5.41, 5.74) is 17.1. The van der Waals surface area contributed by atoms with Crippen LogP contribution in [0, 0.1) is 27.7 Å². The third-order valence-corrected chi connectivity index (χ3v) is 16.0. The van der Waals surface area contributed by atoms with Crippen LogP contribution in [-0.2, 0) is 10.8 Å². The second-order valence-corrected chi connectivity index (χ2v) is 22.3.